The Bertz CT molecular complexity index is 348. The maximum Gasteiger partial charge on any atom is 0.330 e. The maximum absolute atomic E-state index is 10.0. The fourth-order valence-electron chi connectivity index (χ4n) is 0.858. The van der Waals surface area contributed by atoms with Gasteiger partial charge in [0.25, 0.3) is 0 Å². The average Bonchev–Trinajstić information content (AvgIpc) is 2.24. The second-order valence-electron chi connectivity index (χ2n) is 3.09. The lowest BCUT2D eigenvalue weighted by atomic mass is 10.2. The summed E-state index contributed by atoms with van der Waals surface area (Å²) in [5.74, 6) is -0.980. The van der Waals surface area contributed by atoms with Crippen LogP contribution >= 0.6 is 0 Å². The maximum atomic E-state index is 10.0. The molecule has 0 radical (unpaired) electrons. The second-order valence-corrected chi connectivity index (χ2v) is 3.09. The fourth-order valence-corrected chi connectivity index (χ4v) is 0.858. The van der Waals surface area contributed by atoms with Crippen molar-refractivity contribution in [3.8, 4) is 11.5 Å². The lowest BCUT2D eigenvalue weighted by molar-refractivity contribution is -0.132. The lowest BCUT2D eigenvalue weighted by Gasteiger charge is -1.91. The second kappa shape index (κ2) is 7.34. The van der Waals surface area contributed by atoms with E-state index in [9.17, 15) is 4.79 Å². The van der Waals surface area contributed by atoms with Crippen molar-refractivity contribution in [2.24, 2.45) is 0 Å². The molecule has 4 nitrogen and oxygen atoms in total. The molecule has 0 spiro atoms. The van der Waals surface area contributed by atoms with E-state index in [0.717, 1.165) is 6.42 Å². The molecule has 0 amide bonds. The predicted octanol–water partition coefficient (Wildman–Crippen LogP) is 2.53. The highest BCUT2D eigenvalue weighted by molar-refractivity contribution is 5.85. The van der Waals surface area contributed by atoms with Crippen LogP contribution in [0, 0.1) is 0 Å². The first-order chi connectivity index (χ1) is 7.49. The number of carboxylic acid groups (broad SMARTS) is 1. The molecular formula is C12H16O4. The Morgan fingerprint density at radius 3 is 1.88 bits per heavy atom. The Morgan fingerprint density at radius 1 is 1.25 bits per heavy atom. The van der Waals surface area contributed by atoms with Crippen LogP contribution in [0.15, 0.2) is 35.9 Å². The zero-order valence-corrected chi connectivity index (χ0v) is 9.34. The summed E-state index contributed by atoms with van der Waals surface area (Å²) in [6, 6.07) is 6.15. The van der Waals surface area contributed by atoms with Gasteiger partial charge in [0.05, 0.1) is 0 Å². The van der Waals surface area contributed by atoms with Crippen LogP contribution in [-0.2, 0) is 4.79 Å². The number of carboxylic acids is 1. The summed E-state index contributed by atoms with van der Waals surface area (Å²) in [6.45, 7) is 3.50. The number of phenols is 2. The molecule has 0 saturated carbocycles. The molecule has 0 saturated heterocycles. The van der Waals surface area contributed by atoms with Crippen LogP contribution < -0.4 is 0 Å². The van der Waals surface area contributed by atoms with Gasteiger partial charge in [0.1, 0.15) is 0 Å². The van der Waals surface area contributed by atoms with Crippen molar-refractivity contribution in [3.05, 3.63) is 35.9 Å². The third kappa shape index (κ3) is 5.70. The number of rotatable bonds is 2. The molecule has 3 N–H and O–H groups in total. The molecule has 0 aliphatic rings. The molecule has 0 aliphatic heterocycles. The van der Waals surface area contributed by atoms with Gasteiger partial charge < -0.3 is 15.3 Å². The minimum atomic E-state index is -0.827. The van der Waals surface area contributed by atoms with Crippen LogP contribution in [0.3, 0.4) is 0 Å². The zero-order valence-electron chi connectivity index (χ0n) is 9.34. The van der Waals surface area contributed by atoms with E-state index < -0.39 is 5.97 Å². The third-order valence-electron chi connectivity index (χ3n) is 1.73. The molecule has 0 aromatic heterocycles. The van der Waals surface area contributed by atoms with Gasteiger partial charge >= 0.3 is 5.97 Å². The van der Waals surface area contributed by atoms with Crippen molar-refractivity contribution in [1.29, 1.82) is 0 Å². The third-order valence-corrected chi connectivity index (χ3v) is 1.73. The number of para-hydroxylation sites is 2. The molecule has 0 heterocycles. The van der Waals surface area contributed by atoms with Crippen LogP contribution in [0.4, 0.5) is 0 Å². The monoisotopic (exact) mass is 224 g/mol. The SMILES string of the molecule is CCC=C(C)C(=O)O.Oc1ccccc1O. The average molecular weight is 224 g/mol. The number of allylic oxidation sites excluding steroid dienone is 1. The summed E-state index contributed by atoms with van der Waals surface area (Å²) in [4.78, 5) is 10.0. The smallest absolute Gasteiger partial charge is 0.330 e. The van der Waals surface area contributed by atoms with E-state index in [1.807, 2.05) is 6.92 Å². The summed E-state index contributed by atoms with van der Waals surface area (Å²) in [7, 11) is 0. The summed E-state index contributed by atoms with van der Waals surface area (Å²) < 4.78 is 0. The highest BCUT2D eigenvalue weighted by Crippen LogP contribution is 2.21. The van der Waals surface area contributed by atoms with Crippen LogP contribution in [0.2, 0.25) is 0 Å². The normalized spacial score (nSPS) is 10.2. The van der Waals surface area contributed by atoms with E-state index in [1.165, 1.54) is 12.1 Å². The van der Waals surface area contributed by atoms with Gasteiger partial charge in [-0.25, -0.2) is 4.79 Å². The number of aliphatic carboxylic acids is 1. The van der Waals surface area contributed by atoms with Gasteiger partial charge in [-0.2, -0.15) is 0 Å². The van der Waals surface area contributed by atoms with Crippen molar-refractivity contribution in [2.75, 3.05) is 0 Å². The van der Waals surface area contributed by atoms with E-state index in [-0.39, 0.29) is 11.5 Å². The first kappa shape index (κ1) is 14.0. The summed E-state index contributed by atoms with van der Waals surface area (Å²) >= 11 is 0. The molecule has 88 valence electrons. The molecule has 4 heteroatoms. The van der Waals surface area contributed by atoms with Crippen LogP contribution in [-0.4, -0.2) is 21.3 Å². The van der Waals surface area contributed by atoms with E-state index in [2.05, 4.69) is 0 Å². The molecular weight excluding hydrogens is 208 g/mol. The van der Waals surface area contributed by atoms with Crippen LogP contribution in [0.25, 0.3) is 0 Å². The topological polar surface area (TPSA) is 77.8 Å². The molecule has 0 atom stereocenters. The molecule has 16 heavy (non-hydrogen) atoms. The highest BCUT2D eigenvalue weighted by atomic mass is 16.4. The Kier molecular flexibility index (Phi) is 6.43. The number of carbonyl (C=O) groups is 1. The standard InChI is InChI=1S/C6H6O2.C6H10O2/c7-5-3-1-2-4-6(5)8;1-3-4-5(2)6(7)8/h1-4,7-8H;4H,3H2,1-2H3,(H,7,8). The molecule has 0 bridgehead atoms. The van der Waals surface area contributed by atoms with Crippen molar-refractivity contribution >= 4 is 5.97 Å². The fraction of sp³-hybridized carbons (Fsp3) is 0.250. The summed E-state index contributed by atoms with van der Waals surface area (Å²) in [5.41, 5.74) is 0.424. The van der Waals surface area contributed by atoms with Crippen molar-refractivity contribution in [3.63, 3.8) is 0 Å². The number of hydrogen-bond donors (Lipinski definition) is 3. The first-order valence-electron chi connectivity index (χ1n) is 4.86. The molecule has 0 unspecified atom stereocenters. The summed E-state index contributed by atoms with van der Waals surface area (Å²) in [6.07, 6.45) is 2.47. The molecule has 1 rings (SSSR count). The largest absolute Gasteiger partial charge is 0.504 e. The van der Waals surface area contributed by atoms with Gasteiger partial charge in [-0.3, -0.25) is 0 Å². The van der Waals surface area contributed by atoms with Gasteiger partial charge in [0.2, 0.25) is 0 Å². The number of hydrogen-bond acceptors (Lipinski definition) is 3. The molecule has 0 aliphatic carbocycles. The summed E-state index contributed by atoms with van der Waals surface area (Å²) in [5, 5.41) is 25.6. The molecule has 1 aromatic carbocycles. The van der Waals surface area contributed by atoms with Gasteiger partial charge in [-0.1, -0.05) is 25.1 Å². The van der Waals surface area contributed by atoms with E-state index in [4.69, 9.17) is 15.3 Å². The molecule has 1 aromatic rings. The number of aromatic hydroxyl groups is 2. The van der Waals surface area contributed by atoms with Gasteiger partial charge in [-0.05, 0) is 25.5 Å². The zero-order chi connectivity index (χ0) is 12.6. The van der Waals surface area contributed by atoms with Crippen LogP contribution in [0.1, 0.15) is 20.3 Å². The van der Waals surface area contributed by atoms with E-state index in [1.54, 1.807) is 25.1 Å². The van der Waals surface area contributed by atoms with Crippen LogP contribution in [0.5, 0.6) is 11.5 Å². The Morgan fingerprint density at radius 2 is 1.69 bits per heavy atom. The van der Waals surface area contributed by atoms with Gasteiger partial charge in [-0.15, -0.1) is 0 Å². The van der Waals surface area contributed by atoms with E-state index in [0.29, 0.717) is 5.57 Å². The minimum Gasteiger partial charge on any atom is -0.504 e. The van der Waals surface area contributed by atoms with Gasteiger partial charge in [0.15, 0.2) is 11.5 Å². The number of phenolic OH excluding ortho intramolecular Hbond substituents is 2. The van der Waals surface area contributed by atoms with E-state index >= 15 is 0 Å². The number of benzene rings is 1. The van der Waals surface area contributed by atoms with Crippen molar-refractivity contribution < 1.29 is 20.1 Å². The first-order valence-corrected chi connectivity index (χ1v) is 4.86. The Balaban J connectivity index is 0.000000281. The van der Waals surface area contributed by atoms with Crippen molar-refractivity contribution in [2.45, 2.75) is 20.3 Å². The van der Waals surface area contributed by atoms with Crippen molar-refractivity contribution in [1.82, 2.24) is 0 Å². The Labute approximate surface area is 94.5 Å². The lowest BCUT2D eigenvalue weighted by Crippen LogP contribution is -1.94. The quantitative estimate of drug-likeness (QED) is 0.533. The van der Waals surface area contributed by atoms with Gasteiger partial charge in [0, 0.05) is 5.57 Å². The molecule has 0 fully saturated rings. The predicted molar refractivity (Wildman–Crippen MR) is 61.5 cm³/mol. The highest BCUT2D eigenvalue weighted by Gasteiger charge is 1.95. The Hall–Kier alpha value is -1.97. The minimum absolute atomic E-state index is 0.0764.